The molecular formula is C18H19FN2O3. The normalized spacial score (nSPS) is 17.3. The second kappa shape index (κ2) is 6.86. The predicted molar refractivity (Wildman–Crippen MR) is 85.3 cm³/mol. The number of halogens is 1. The van der Waals surface area contributed by atoms with E-state index >= 15 is 0 Å². The smallest absolute Gasteiger partial charge is 0.243 e. The molecule has 24 heavy (non-hydrogen) atoms. The quantitative estimate of drug-likeness (QED) is 0.916. The van der Waals surface area contributed by atoms with Gasteiger partial charge in [0.2, 0.25) is 11.8 Å². The van der Waals surface area contributed by atoms with E-state index in [0.29, 0.717) is 31.7 Å². The molecule has 1 aromatic carbocycles. The Kier molecular flexibility index (Phi) is 4.64. The molecule has 2 amide bonds. The summed E-state index contributed by atoms with van der Waals surface area (Å²) >= 11 is 0. The Balaban J connectivity index is 1.62. The summed E-state index contributed by atoms with van der Waals surface area (Å²) in [6.45, 7) is 2.43. The maximum Gasteiger partial charge on any atom is 0.243 e. The van der Waals surface area contributed by atoms with Gasteiger partial charge in [0, 0.05) is 13.0 Å². The number of aryl methyl sites for hydroxylation is 1. The number of likely N-dealkylation sites (tertiary alicyclic amines) is 1. The maximum atomic E-state index is 12.9. The van der Waals surface area contributed by atoms with Crippen LogP contribution in [0.5, 0.6) is 0 Å². The van der Waals surface area contributed by atoms with Crippen LogP contribution in [-0.4, -0.2) is 22.8 Å². The van der Waals surface area contributed by atoms with Gasteiger partial charge < -0.3 is 14.6 Å². The van der Waals surface area contributed by atoms with Gasteiger partial charge >= 0.3 is 0 Å². The lowest BCUT2D eigenvalue weighted by Crippen LogP contribution is -2.44. The summed E-state index contributed by atoms with van der Waals surface area (Å²) in [6, 6.07) is 9.10. The number of hydrogen-bond acceptors (Lipinski definition) is 3. The molecule has 2 heterocycles. The van der Waals surface area contributed by atoms with Crippen LogP contribution in [0, 0.1) is 12.7 Å². The van der Waals surface area contributed by atoms with Crippen molar-refractivity contribution in [1.29, 1.82) is 0 Å². The molecule has 2 aromatic rings. The fourth-order valence-corrected chi connectivity index (χ4v) is 2.85. The van der Waals surface area contributed by atoms with Crippen LogP contribution in [0.25, 0.3) is 0 Å². The molecule has 1 aliphatic heterocycles. The van der Waals surface area contributed by atoms with E-state index < -0.39 is 6.04 Å². The molecule has 1 atom stereocenters. The average molecular weight is 330 g/mol. The van der Waals surface area contributed by atoms with Gasteiger partial charge in [0.25, 0.3) is 0 Å². The first-order valence-electron chi connectivity index (χ1n) is 7.90. The van der Waals surface area contributed by atoms with Crippen LogP contribution in [-0.2, 0) is 22.7 Å². The zero-order chi connectivity index (χ0) is 17.1. The van der Waals surface area contributed by atoms with Crippen molar-refractivity contribution in [3.05, 3.63) is 59.3 Å². The summed E-state index contributed by atoms with van der Waals surface area (Å²) in [5.74, 6) is 0.874. The first kappa shape index (κ1) is 16.2. The van der Waals surface area contributed by atoms with Crippen LogP contribution in [0.2, 0.25) is 0 Å². The Hall–Kier alpha value is -2.63. The Morgan fingerprint density at radius 2 is 2.04 bits per heavy atom. The van der Waals surface area contributed by atoms with E-state index in [1.54, 1.807) is 17.0 Å². The minimum atomic E-state index is -0.497. The second-order valence-corrected chi connectivity index (χ2v) is 5.93. The summed E-state index contributed by atoms with van der Waals surface area (Å²) in [7, 11) is 0. The summed E-state index contributed by atoms with van der Waals surface area (Å²) in [5.41, 5.74) is 0.808. The van der Waals surface area contributed by atoms with Crippen molar-refractivity contribution in [3.63, 3.8) is 0 Å². The molecular weight excluding hydrogens is 311 g/mol. The lowest BCUT2D eigenvalue weighted by Gasteiger charge is -2.23. The van der Waals surface area contributed by atoms with Crippen LogP contribution in [0.3, 0.4) is 0 Å². The molecule has 1 N–H and O–H groups in total. The highest BCUT2D eigenvalue weighted by atomic mass is 19.1. The van der Waals surface area contributed by atoms with Gasteiger partial charge in [-0.25, -0.2) is 4.39 Å². The minimum Gasteiger partial charge on any atom is -0.464 e. The second-order valence-electron chi connectivity index (χ2n) is 5.93. The van der Waals surface area contributed by atoms with Crippen LogP contribution in [0.1, 0.15) is 29.9 Å². The SMILES string of the molecule is Cc1ccc(CN2C(=O)CCC2C(=O)NCc2ccc(F)cc2)o1. The lowest BCUT2D eigenvalue weighted by atomic mass is 10.2. The highest BCUT2D eigenvalue weighted by Crippen LogP contribution is 2.22. The standard InChI is InChI=1S/C18H19FN2O3/c1-12-2-7-15(24-12)11-21-16(8-9-17(21)22)18(23)20-10-13-3-5-14(19)6-4-13/h2-7,16H,8-11H2,1H3,(H,20,23). The number of nitrogens with zero attached hydrogens (tertiary/aromatic N) is 1. The van der Waals surface area contributed by atoms with E-state index in [-0.39, 0.29) is 17.6 Å². The third-order valence-corrected chi connectivity index (χ3v) is 4.13. The molecule has 0 bridgehead atoms. The van der Waals surface area contributed by atoms with Crippen LogP contribution in [0.15, 0.2) is 40.8 Å². The van der Waals surface area contributed by atoms with Crippen molar-refractivity contribution < 1.29 is 18.4 Å². The van der Waals surface area contributed by atoms with E-state index in [4.69, 9.17) is 4.42 Å². The average Bonchev–Trinajstić information content (AvgIpc) is 3.13. The van der Waals surface area contributed by atoms with Crippen LogP contribution >= 0.6 is 0 Å². The molecule has 0 radical (unpaired) electrons. The fourth-order valence-electron chi connectivity index (χ4n) is 2.85. The Morgan fingerprint density at radius 3 is 2.71 bits per heavy atom. The number of carbonyl (C=O) groups is 2. The molecule has 1 fully saturated rings. The molecule has 0 saturated carbocycles. The Labute approximate surface area is 139 Å². The van der Waals surface area contributed by atoms with Crippen molar-refractivity contribution in [2.24, 2.45) is 0 Å². The van der Waals surface area contributed by atoms with E-state index in [1.807, 2.05) is 19.1 Å². The summed E-state index contributed by atoms with van der Waals surface area (Å²) in [6.07, 6.45) is 0.849. The summed E-state index contributed by atoms with van der Waals surface area (Å²) < 4.78 is 18.4. The van der Waals surface area contributed by atoms with Crippen molar-refractivity contribution in [2.75, 3.05) is 0 Å². The molecule has 3 rings (SSSR count). The van der Waals surface area contributed by atoms with E-state index in [1.165, 1.54) is 12.1 Å². The molecule has 1 aliphatic rings. The van der Waals surface area contributed by atoms with Gasteiger partial charge in [-0.1, -0.05) is 12.1 Å². The summed E-state index contributed by atoms with van der Waals surface area (Å²) in [5, 5.41) is 2.82. The van der Waals surface area contributed by atoms with E-state index in [9.17, 15) is 14.0 Å². The van der Waals surface area contributed by atoms with Crippen LogP contribution < -0.4 is 5.32 Å². The molecule has 1 saturated heterocycles. The number of furan rings is 1. The zero-order valence-corrected chi connectivity index (χ0v) is 13.4. The Bertz CT molecular complexity index is 739. The molecule has 1 unspecified atom stereocenters. The number of rotatable bonds is 5. The van der Waals surface area contributed by atoms with Crippen molar-refractivity contribution >= 4 is 11.8 Å². The predicted octanol–water partition coefficient (Wildman–Crippen LogP) is 2.53. The van der Waals surface area contributed by atoms with Crippen molar-refractivity contribution in [2.45, 2.75) is 38.9 Å². The van der Waals surface area contributed by atoms with Gasteiger partial charge in [-0.05, 0) is 43.2 Å². The topological polar surface area (TPSA) is 62.6 Å². The van der Waals surface area contributed by atoms with Gasteiger partial charge in [0.05, 0.1) is 6.54 Å². The molecule has 5 nitrogen and oxygen atoms in total. The molecule has 126 valence electrons. The molecule has 6 heteroatoms. The van der Waals surface area contributed by atoms with Gasteiger partial charge in [0.15, 0.2) is 0 Å². The van der Waals surface area contributed by atoms with Crippen molar-refractivity contribution in [1.82, 2.24) is 10.2 Å². The number of amides is 2. The molecule has 1 aromatic heterocycles. The van der Waals surface area contributed by atoms with Crippen molar-refractivity contribution in [3.8, 4) is 0 Å². The van der Waals surface area contributed by atoms with Gasteiger partial charge in [-0.15, -0.1) is 0 Å². The number of benzene rings is 1. The monoisotopic (exact) mass is 330 g/mol. The van der Waals surface area contributed by atoms with Crippen LogP contribution in [0.4, 0.5) is 4.39 Å². The Morgan fingerprint density at radius 1 is 1.29 bits per heavy atom. The number of carbonyl (C=O) groups excluding carboxylic acids is 2. The zero-order valence-electron chi connectivity index (χ0n) is 13.4. The fraction of sp³-hybridized carbons (Fsp3) is 0.333. The van der Waals surface area contributed by atoms with E-state index in [2.05, 4.69) is 5.32 Å². The van der Waals surface area contributed by atoms with Gasteiger partial charge in [0.1, 0.15) is 23.4 Å². The number of nitrogens with one attached hydrogen (secondary N) is 1. The highest BCUT2D eigenvalue weighted by molar-refractivity contribution is 5.90. The number of hydrogen-bond donors (Lipinski definition) is 1. The highest BCUT2D eigenvalue weighted by Gasteiger charge is 2.36. The lowest BCUT2D eigenvalue weighted by molar-refractivity contribution is -0.136. The van der Waals surface area contributed by atoms with Gasteiger partial charge in [-0.2, -0.15) is 0 Å². The molecule has 0 spiro atoms. The maximum absolute atomic E-state index is 12.9. The van der Waals surface area contributed by atoms with Gasteiger partial charge in [-0.3, -0.25) is 9.59 Å². The molecule has 0 aliphatic carbocycles. The first-order chi connectivity index (χ1) is 11.5. The minimum absolute atomic E-state index is 0.0500. The first-order valence-corrected chi connectivity index (χ1v) is 7.90. The summed E-state index contributed by atoms with van der Waals surface area (Å²) in [4.78, 5) is 26.1. The third-order valence-electron chi connectivity index (χ3n) is 4.13. The van der Waals surface area contributed by atoms with E-state index in [0.717, 1.165) is 11.3 Å². The largest absolute Gasteiger partial charge is 0.464 e. The third kappa shape index (κ3) is 3.64.